The first kappa shape index (κ1) is 10.9. The lowest BCUT2D eigenvalue weighted by Crippen LogP contribution is -2.27. The van der Waals surface area contributed by atoms with E-state index in [1.54, 1.807) is 0 Å². The Morgan fingerprint density at radius 1 is 1.11 bits per heavy atom. The minimum atomic E-state index is 0.774. The molecule has 0 saturated heterocycles. The fraction of sp³-hybridized carbons (Fsp3) is 0.294. The molecule has 0 aromatic heterocycles. The Balaban J connectivity index is 2.34. The van der Waals surface area contributed by atoms with Crippen LogP contribution < -0.4 is 10.6 Å². The summed E-state index contributed by atoms with van der Waals surface area (Å²) in [4.78, 5) is 9.38. The predicted molar refractivity (Wildman–Crippen MR) is 79.7 cm³/mol. The summed E-state index contributed by atoms with van der Waals surface area (Å²) in [6.45, 7) is 7.39. The topological polar surface area (TPSA) is 24.7 Å². The van der Waals surface area contributed by atoms with Crippen molar-refractivity contribution in [2.45, 2.75) is 27.2 Å². The summed E-state index contributed by atoms with van der Waals surface area (Å²) in [6, 6.07) is 0. The second kappa shape index (κ2) is 3.53. The molecule has 1 aromatic rings. The van der Waals surface area contributed by atoms with Crippen molar-refractivity contribution in [2.75, 3.05) is 6.54 Å². The quantitative estimate of drug-likeness (QED) is 0.673. The summed E-state index contributed by atoms with van der Waals surface area (Å²) in [6.07, 6.45) is 7.36. The Bertz CT molecular complexity index is 833. The Kier molecular flexibility index (Phi) is 2.03. The Labute approximate surface area is 112 Å². The second-order valence-corrected chi connectivity index (χ2v) is 5.54. The van der Waals surface area contributed by atoms with Crippen LogP contribution in [0, 0.1) is 13.8 Å². The van der Waals surface area contributed by atoms with E-state index in [-0.39, 0.29) is 0 Å². The molecule has 2 nitrogen and oxygen atoms in total. The van der Waals surface area contributed by atoms with Gasteiger partial charge in [0.2, 0.25) is 0 Å². The molecule has 0 saturated carbocycles. The van der Waals surface area contributed by atoms with Crippen LogP contribution in [0.1, 0.15) is 35.6 Å². The molecule has 2 aliphatic heterocycles. The molecule has 19 heavy (non-hydrogen) atoms. The Morgan fingerprint density at radius 3 is 2.79 bits per heavy atom. The van der Waals surface area contributed by atoms with Crippen molar-refractivity contribution in [2.24, 2.45) is 9.98 Å². The van der Waals surface area contributed by atoms with Crippen molar-refractivity contribution in [1.82, 2.24) is 0 Å². The van der Waals surface area contributed by atoms with Crippen molar-refractivity contribution in [1.29, 1.82) is 0 Å². The fourth-order valence-electron chi connectivity index (χ4n) is 3.42. The molecule has 94 valence electrons. The number of hydrogen-bond donors (Lipinski definition) is 0. The zero-order valence-corrected chi connectivity index (χ0v) is 11.5. The van der Waals surface area contributed by atoms with Crippen LogP contribution in [-0.2, 0) is 0 Å². The van der Waals surface area contributed by atoms with Gasteiger partial charge >= 0.3 is 0 Å². The van der Waals surface area contributed by atoms with E-state index < -0.39 is 0 Å². The third-order valence-electron chi connectivity index (χ3n) is 4.54. The lowest BCUT2D eigenvalue weighted by atomic mass is 9.91. The molecule has 1 aromatic carbocycles. The van der Waals surface area contributed by atoms with Gasteiger partial charge in [0.15, 0.2) is 0 Å². The molecule has 0 spiro atoms. The molecule has 0 fully saturated rings. The molecule has 0 amide bonds. The normalized spacial score (nSPS) is 20.3. The Morgan fingerprint density at radius 2 is 1.95 bits per heavy atom. The molecular weight excluding hydrogens is 232 g/mol. The summed E-state index contributed by atoms with van der Waals surface area (Å²) in [7, 11) is 0. The van der Waals surface area contributed by atoms with Crippen molar-refractivity contribution < 1.29 is 0 Å². The maximum atomic E-state index is 4.88. The molecule has 5 bridgehead atoms. The maximum absolute atomic E-state index is 4.88. The van der Waals surface area contributed by atoms with Gasteiger partial charge in [-0.15, -0.1) is 0 Å². The minimum Gasteiger partial charge on any atom is -0.289 e. The van der Waals surface area contributed by atoms with Gasteiger partial charge in [0.25, 0.3) is 0 Å². The predicted octanol–water partition coefficient (Wildman–Crippen LogP) is 2.32. The number of rotatable bonds is 0. The van der Waals surface area contributed by atoms with Crippen LogP contribution in [0.15, 0.2) is 21.8 Å². The van der Waals surface area contributed by atoms with Crippen LogP contribution in [0.3, 0.4) is 0 Å². The molecule has 0 radical (unpaired) electrons. The van der Waals surface area contributed by atoms with E-state index in [0.717, 1.165) is 13.0 Å². The first-order valence-corrected chi connectivity index (χ1v) is 6.80. The van der Waals surface area contributed by atoms with Crippen molar-refractivity contribution >= 4 is 23.4 Å². The standard InChI is InChI=1S/C17H16N2/c1-9-10(2)17-16-11(3)14(19-17)7-12-8-18-6-4-5-13(16)15(9)12/h4-5,8H,6-7H2,1-3H3/b5-4-,18-8?. The second-order valence-electron chi connectivity index (χ2n) is 5.54. The van der Waals surface area contributed by atoms with Crippen molar-refractivity contribution in [3.05, 3.63) is 44.6 Å². The van der Waals surface area contributed by atoms with Gasteiger partial charge in [0.1, 0.15) is 0 Å². The van der Waals surface area contributed by atoms with Crippen molar-refractivity contribution in [3.8, 4) is 0 Å². The zero-order chi connectivity index (χ0) is 13.1. The summed E-state index contributed by atoms with van der Waals surface area (Å²) in [5.74, 6) is 0. The number of aliphatic imine (C=N–C) groups is 1. The van der Waals surface area contributed by atoms with Gasteiger partial charge in [-0.3, -0.25) is 9.98 Å². The van der Waals surface area contributed by atoms with Crippen LogP contribution in [0.2, 0.25) is 0 Å². The molecule has 0 N–H and O–H groups in total. The number of hydrogen-bond acceptors (Lipinski definition) is 2. The van der Waals surface area contributed by atoms with Crippen LogP contribution in [-0.4, -0.2) is 12.8 Å². The van der Waals surface area contributed by atoms with Crippen LogP contribution >= 0.6 is 0 Å². The van der Waals surface area contributed by atoms with Gasteiger partial charge in [-0.2, -0.15) is 0 Å². The average Bonchev–Trinajstić information content (AvgIpc) is 2.60. The molecular formula is C17H16N2. The van der Waals surface area contributed by atoms with E-state index in [1.807, 2.05) is 0 Å². The van der Waals surface area contributed by atoms with E-state index in [9.17, 15) is 0 Å². The lowest BCUT2D eigenvalue weighted by Gasteiger charge is -2.14. The van der Waals surface area contributed by atoms with Crippen LogP contribution in [0.25, 0.3) is 17.2 Å². The van der Waals surface area contributed by atoms with Gasteiger partial charge in [0.05, 0.1) is 11.9 Å². The van der Waals surface area contributed by atoms with Crippen LogP contribution in [0.5, 0.6) is 0 Å². The van der Waals surface area contributed by atoms with Gasteiger partial charge in [-0.25, -0.2) is 0 Å². The van der Waals surface area contributed by atoms with E-state index >= 15 is 0 Å². The summed E-state index contributed by atoms with van der Waals surface area (Å²) < 4.78 is 0. The molecule has 4 rings (SSSR count). The van der Waals surface area contributed by atoms with Crippen molar-refractivity contribution in [3.63, 3.8) is 0 Å². The monoisotopic (exact) mass is 248 g/mol. The lowest BCUT2D eigenvalue weighted by molar-refractivity contribution is 1.10. The largest absolute Gasteiger partial charge is 0.289 e. The molecule has 0 unspecified atom stereocenters. The number of allylic oxidation sites excluding steroid dienone is 2. The molecule has 2 heterocycles. The average molecular weight is 248 g/mol. The first-order chi connectivity index (χ1) is 9.18. The molecule has 2 heteroatoms. The fourth-order valence-corrected chi connectivity index (χ4v) is 3.42. The van der Waals surface area contributed by atoms with E-state index in [2.05, 4.69) is 44.1 Å². The van der Waals surface area contributed by atoms with E-state index in [4.69, 9.17) is 4.99 Å². The highest BCUT2D eigenvalue weighted by Crippen LogP contribution is 2.32. The summed E-state index contributed by atoms with van der Waals surface area (Å²) in [5, 5.41) is 2.59. The van der Waals surface area contributed by atoms with Gasteiger partial charge in [0, 0.05) is 23.9 Å². The van der Waals surface area contributed by atoms with E-state index in [1.165, 1.54) is 49.7 Å². The summed E-state index contributed by atoms with van der Waals surface area (Å²) in [5.41, 5.74) is 9.29. The maximum Gasteiger partial charge on any atom is 0.0747 e. The van der Waals surface area contributed by atoms with Gasteiger partial charge in [-0.1, -0.05) is 12.2 Å². The van der Waals surface area contributed by atoms with Gasteiger partial charge < -0.3 is 0 Å². The third kappa shape index (κ3) is 1.26. The van der Waals surface area contributed by atoms with E-state index in [0.29, 0.717) is 0 Å². The van der Waals surface area contributed by atoms with Crippen LogP contribution in [0.4, 0.5) is 0 Å². The molecule has 3 aliphatic rings. The smallest absolute Gasteiger partial charge is 0.0747 e. The van der Waals surface area contributed by atoms with Gasteiger partial charge in [-0.05, 0) is 53.8 Å². The zero-order valence-electron chi connectivity index (χ0n) is 11.5. The Hall–Kier alpha value is -1.96. The number of benzene rings is 1. The highest BCUT2D eigenvalue weighted by atomic mass is 14.8. The summed E-state index contributed by atoms with van der Waals surface area (Å²) >= 11 is 0. The molecule has 1 aliphatic carbocycles. The highest BCUT2D eigenvalue weighted by molar-refractivity contribution is 6.05. The highest BCUT2D eigenvalue weighted by Gasteiger charge is 2.25. The number of nitrogens with zero attached hydrogens (tertiary/aromatic N) is 2. The SMILES string of the molecule is CC1=C2CC3=c4c(C)c(C)c(c1c4/C=C\CN=C3)=N2. The first-order valence-electron chi connectivity index (χ1n) is 6.80. The molecule has 0 atom stereocenters. The minimum absolute atomic E-state index is 0.774. The third-order valence-corrected chi connectivity index (χ3v) is 4.54.